The SMILES string of the molecule is CC(C)c1ccc(CCl)c(C(C)C)c1. The van der Waals surface area contributed by atoms with Crippen LogP contribution < -0.4 is 0 Å². The third-order valence-corrected chi connectivity index (χ3v) is 2.89. The molecule has 0 bridgehead atoms. The lowest BCUT2D eigenvalue weighted by Gasteiger charge is -2.14. The highest BCUT2D eigenvalue weighted by molar-refractivity contribution is 6.17. The summed E-state index contributed by atoms with van der Waals surface area (Å²) in [7, 11) is 0. The van der Waals surface area contributed by atoms with Crippen molar-refractivity contribution in [1.29, 1.82) is 0 Å². The van der Waals surface area contributed by atoms with E-state index in [1.807, 2.05) is 0 Å². The fourth-order valence-electron chi connectivity index (χ4n) is 1.63. The standard InChI is InChI=1S/C13H19Cl/c1-9(2)11-5-6-12(8-14)13(7-11)10(3)4/h5-7,9-10H,8H2,1-4H3. The van der Waals surface area contributed by atoms with Gasteiger partial charge in [0.25, 0.3) is 0 Å². The summed E-state index contributed by atoms with van der Waals surface area (Å²) in [6.45, 7) is 8.88. The van der Waals surface area contributed by atoms with E-state index in [4.69, 9.17) is 11.6 Å². The van der Waals surface area contributed by atoms with Crippen molar-refractivity contribution in [2.45, 2.75) is 45.4 Å². The first kappa shape index (κ1) is 11.6. The molecule has 0 nitrogen and oxygen atoms in total. The van der Waals surface area contributed by atoms with E-state index in [1.54, 1.807) is 0 Å². The zero-order valence-corrected chi connectivity index (χ0v) is 10.2. The molecule has 0 N–H and O–H groups in total. The Balaban J connectivity index is 3.14. The van der Waals surface area contributed by atoms with E-state index in [0.717, 1.165) is 0 Å². The topological polar surface area (TPSA) is 0 Å². The molecule has 0 spiro atoms. The summed E-state index contributed by atoms with van der Waals surface area (Å²) in [6.07, 6.45) is 0. The highest BCUT2D eigenvalue weighted by atomic mass is 35.5. The van der Waals surface area contributed by atoms with E-state index < -0.39 is 0 Å². The van der Waals surface area contributed by atoms with Gasteiger partial charge in [-0.1, -0.05) is 45.9 Å². The van der Waals surface area contributed by atoms with Crippen LogP contribution in [0.3, 0.4) is 0 Å². The van der Waals surface area contributed by atoms with Gasteiger partial charge >= 0.3 is 0 Å². The Morgan fingerprint density at radius 3 is 2.14 bits per heavy atom. The number of benzene rings is 1. The van der Waals surface area contributed by atoms with Crippen molar-refractivity contribution in [3.63, 3.8) is 0 Å². The predicted octanol–water partition coefficient (Wildman–Crippen LogP) is 4.67. The summed E-state index contributed by atoms with van der Waals surface area (Å²) in [5.41, 5.74) is 4.07. The summed E-state index contributed by atoms with van der Waals surface area (Å²) < 4.78 is 0. The average molecular weight is 211 g/mol. The molecule has 0 radical (unpaired) electrons. The maximum absolute atomic E-state index is 5.91. The van der Waals surface area contributed by atoms with Crippen LogP contribution in [0.2, 0.25) is 0 Å². The van der Waals surface area contributed by atoms with Gasteiger partial charge in [0.05, 0.1) is 0 Å². The second kappa shape index (κ2) is 4.84. The van der Waals surface area contributed by atoms with Crippen LogP contribution in [0.5, 0.6) is 0 Å². The van der Waals surface area contributed by atoms with Gasteiger partial charge < -0.3 is 0 Å². The van der Waals surface area contributed by atoms with Gasteiger partial charge in [0.1, 0.15) is 0 Å². The number of hydrogen-bond donors (Lipinski definition) is 0. The Morgan fingerprint density at radius 1 is 1.07 bits per heavy atom. The van der Waals surface area contributed by atoms with Crippen LogP contribution in [0.4, 0.5) is 0 Å². The molecule has 0 aliphatic rings. The van der Waals surface area contributed by atoms with Crippen molar-refractivity contribution in [3.05, 3.63) is 34.9 Å². The van der Waals surface area contributed by atoms with Crippen LogP contribution >= 0.6 is 11.6 Å². The van der Waals surface area contributed by atoms with Crippen LogP contribution in [0.25, 0.3) is 0 Å². The van der Waals surface area contributed by atoms with Gasteiger partial charge in [0.15, 0.2) is 0 Å². The lowest BCUT2D eigenvalue weighted by molar-refractivity contribution is 0.825. The number of halogens is 1. The van der Waals surface area contributed by atoms with Crippen LogP contribution in [0, 0.1) is 0 Å². The van der Waals surface area contributed by atoms with E-state index in [1.165, 1.54) is 16.7 Å². The van der Waals surface area contributed by atoms with Gasteiger partial charge in [-0.2, -0.15) is 0 Å². The van der Waals surface area contributed by atoms with Crippen molar-refractivity contribution < 1.29 is 0 Å². The van der Waals surface area contributed by atoms with E-state index in [-0.39, 0.29) is 0 Å². The van der Waals surface area contributed by atoms with Crippen molar-refractivity contribution >= 4 is 11.6 Å². The maximum atomic E-state index is 5.91. The Bertz CT molecular complexity index is 300. The Labute approximate surface area is 92.3 Å². The van der Waals surface area contributed by atoms with Gasteiger partial charge in [0.2, 0.25) is 0 Å². The minimum absolute atomic E-state index is 0.558. The van der Waals surface area contributed by atoms with Gasteiger partial charge in [-0.15, -0.1) is 11.6 Å². The fourth-order valence-corrected chi connectivity index (χ4v) is 1.88. The summed E-state index contributed by atoms with van der Waals surface area (Å²) in [6, 6.07) is 6.65. The summed E-state index contributed by atoms with van der Waals surface area (Å²) in [5.74, 6) is 1.77. The molecule has 0 heterocycles. The van der Waals surface area contributed by atoms with E-state index in [9.17, 15) is 0 Å². The molecular weight excluding hydrogens is 192 g/mol. The third kappa shape index (κ3) is 2.51. The van der Waals surface area contributed by atoms with Crippen molar-refractivity contribution in [2.75, 3.05) is 0 Å². The van der Waals surface area contributed by atoms with Crippen LogP contribution in [-0.4, -0.2) is 0 Å². The summed E-state index contributed by atoms with van der Waals surface area (Å²) in [5, 5.41) is 0. The quantitative estimate of drug-likeness (QED) is 0.636. The van der Waals surface area contributed by atoms with Crippen LogP contribution in [0.15, 0.2) is 18.2 Å². The smallest absolute Gasteiger partial charge is 0.0476 e. The van der Waals surface area contributed by atoms with Crippen molar-refractivity contribution in [3.8, 4) is 0 Å². The van der Waals surface area contributed by atoms with E-state index in [0.29, 0.717) is 17.7 Å². The molecule has 0 atom stereocenters. The largest absolute Gasteiger partial charge is 0.122 e. The summed E-state index contributed by atoms with van der Waals surface area (Å²) >= 11 is 5.91. The second-order valence-electron chi connectivity index (χ2n) is 4.40. The Morgan fingerprint density at radius 2 is 1.71 bits per heavy atom. The lowest BCUT2D eigenvalue weighted by Crippen LogP contribution is -1.97. The lowest BCUT2D eigenvalue weighted by atomic mass is 9.92. The monoisotopic (exact) mass is 210 g/mol. The number of hydrogen-bond acceptors (Lipinski definition) is 0. The minimum Gasteiger partial charge on any atom is -0.122 e. The number of alkyl halides is 1. The molecule has 1 heteroatoms. The molecule has 0 saturated carbocycles. The second-order valence-corrected chi connectivity index (χ2v) is 4.67. The molecule has 0 aromatic heterocycles. The molecule has 0 saturated heterocycles. The molecule has 78 valence electrons. The highest BCUT2D eigenvalue weighted by Gasteiger charge is 2.08. The molecule has 1 aromatic rings. The zero-order chi connectivity index (χ0) is 10.7. The maximum Gasteiger partial charge on any atom is 0.0476 e. The van der Waals surface area contributed by atoms with Gasteiger partial charge in [-0.3, -0.25) is 0 Å². The van der Waals surface area contributed by atoms with E-state index in [2.05, 4.69) is 45.9 Å². The first-order valence-electron chi connectivity index (χ1n) is 5.25. The average Bonchev–Trinajstić information content (AvgIpc) is 2.16. The van der Waals surface area contributed by atoms with Crippen molar-refractivity contribution in [1.82, 2.24) is 0 Å². The predicted molar refractivity (Wildman–Crippen MR) is 64.2 cm³/mol. The van der Waals surface area contributed by atoms with Crippen LogP contribution in [0.1, 0.15) is 56.2 Å². The molecule has 0 fully saturated rings. The molecule has 0 aliphatic carbocycles. The Hall–Kier alpha value is -0.490. The van der Waals surface area contributed by atoms with Gasteiger partial charge in [-0.05, 0) is 28.5 Å². The normalized spacial score (nSPS) is 11.4. The first-order chi connectivity index (χ1) is 6.56. The summed E-state index contributed by atoms with van der Waals surface area (Å²) in [4.78, 5) is 0. The van der Waals surface area contributed by atoms with E-state index >= 15 is 0 Å². The van der Waals surface area contributed by atoms with Crippen LogP contribution in [-0.2, 0) is 5.88 Å². The fraction of sp³-hybridized carbons (Fsp3) is 0.538. The minimum atomic E-state index is 0.558. The molecule has 14 heavy (non-hydrogen) atoms. The first-order valence-corrected chi connectivity index (χ1v) is 5.78. The Kier molecular flexibility index (Phi) is 4.00. The zero-order valence-electron chi connectivity index (χ0n) is 9.47. The van der Waals surface area contributed by atoms with Gasteiger partial charge in [-0.25, -0.2) is 0 Å². The number of rotatable bonds is 3. The molecule has 0 unspecified atom stereocenters. The molecule has 1 rings (SSSR count). The molecule has 1 aromatic carbocycles. The molecule has 0 amide bonds. The van der Waals surface area contributed by atoms with Gasteiger partial charge in [0, 0.05) is 5.88 Å². The van der Waals surface area contributed by atoms with Crippen molar-refractivity contribution in [2.24, 2.45) is 0 Å². The highest BCUT2D eigenvalue weighted by Crippen LogP contribution is 2.25. The third-order valence-electron chi connectivity index (χ3n) is 2.60. The molecular formula is C13H19Cl. The molecule has 0 aliphatic heterocycles.